The molecular weight excluding hydrogens is 342 g/mol. The summed E-state index contributed by atoms with van der Waals surface area (Å²) in [5.74, 6) is 0.437. The van der Waals surface area contributed by atoms with Gasteiger partial charge >= 0.3 is 0 Å². The van der Waals surface area contributed by atoms with Gasteiger partial charge in [0.1, 0.15) is 11.5 Å². The fourth-order valence-electron chi connectivity index (χ4n) is 2.82. The number of hydrogen-bond acceptors (Lipinski definition) is 5. The Balaban J connectivity index is 1.88. The van der Waals surface area contributed by atoms with E-state index in [0.29, 0.717) is 33.8 Å². The summed E-state index contributed by atoms with van der Waals surface area (Å²) in [6.07, 6.45) is 3.22. The van der Waals surface area contributed by atoms with E-state index in [2.05, 4.69) is 20.3 Å². The maximum Gasteiger partial charge on any atom is 0.261 e. The van der Waals surface area contributed by atoms with Gasteiger partial charge in [-0.1, -0.05) is 18.2 Å². The van der Waals surface area contributed by atoms with Crippen LogP contribution in [0.5, 0.6) is 0 Å². The van der Waals surface area contributed by atoms with E-state index < -0.39 is 0 Å². The number of amides is 1. The summed E-state index contributed by atoms with van der Waals surface area (Å²) in [6, 6.07) is 15.6. The molecule has 3 heterocycles. The van der Waals surface area contributed by atoms with Gasteiger partial charge < -0.3 is 5.32 Å². The van der Waals surface area contributed by atoms with Gasteiger partial charge in [-0.3, -0.25) is 19.1 Å². The van der Waals surface area contributed by atoms with Crippen LogP contribution >= 0.6 is 0 Å². The molecule has 7 heteroatoms. The lowest BCUT2D eigenvalue weighted by Gasteiger charge is -2.11. The number of para-hydroxylation sites is 1. The molecule has 7 nitrogen and oxygen atoms in total. The third kappa shape index (κ3) is 3.06. The minimum atomic E-state index is -0.382. The molecular formula is C20H15N5O2. The summed E-state index contributed by atoms with van der Waals surface area (Å²) >= 11 is 0. The molecule has 1 amide bonds. The number of pyridine rings is 2. The second-order valence-electron chi connectivity index (χ2n) is 5.89. The van der Waals surface area contributed by atoms with Gasteiger partial charge in [-0.15, -0.1) is 0 Å². The topological polar surface area (TPSA) is 89.8 Å². The van der Waals surface area contributed by atoms with Crippen LogP contribution in [0.4, 0.5) is 5.82 Å². The third-order valence-corrected chi connectivity index (χ3v) is 4.15. The summed E-state index contributed by atoms with van der Waals surface area (Å²) in [4.78, 5) is 38.5. The first-order chi connectivity index (χ1) is 13.1. The Hall–Kier alpha value is -3.87. The van der Waals surface area contributed by atoms with E-state index in [1.54, 1.807) is 68.0 Å². The Morgan fingerprint density at radius 2 is 1.74 bits per heavy atom. The normalized spacial score (nSPS) is 10.7. The zero-order valence-corrected chi connectivity index (χ0v) is 14.5. The number of nitrogens with one attached hydrogen (secondary N) is 1. The van der Waals surface area contributed by atoms with Crippen molar-refractivity contribution in [2.45, 2.75) is 0 Å². The van der Waals surface area contributed by atoms with Crippen molar-refractivity contribution in [1.29, 1.82) is 0 Å². The number of carbonyl (C=O) groups is 1. The highest BCUT2D eigenvalue weighted by Gasteiger charge is 2.17. The molecule has 0 atom stereocenters. The fraction of sp³-hybridized carbons (Fsp3) is 0.0500. The van der Waals surface area contributed by atoms with Crippen LogP contribution in [-0.2, 0) is 7.05 Å². The molecule has 0 radical (unpaired) electrons. The van der Waals surface area contributed by atoms with Crippen LogP contribution in [0.2, 0.25) is 0 Å². The number of rotatable bonds is 3. The molecule has 4 aromatic rings. The summed E-state index contributed by atoms with van der Waals surface area (Å²) in [6.45, 7) is 0. The minimum Gasteiger partial charge on any atom is -0.306 e. The number of hydrogen-bond donors (Lipinski definition) is 1. The van der Waals surface area contributed by atoms with Gasteiger partial charge in [0.15, 0.2) is 5.82 Å². The molecule has 0 unspecified atom stereocenters. The van der Waals surface area contributed by atoms with Gasteiger partial charge in [-0.25, -0.2) is 9.97 Å². The van der Waals surface area contributed by atoms with Gasteiger partial charge in [0.05, 0.1) is 16.5 Å². The van der Waals surface area contributed by atoms with Crippen LogP contribution < -0.4 is 10.9 Å². The van der Waals surface area contributed by atoms with E-state index in [1.807, 2.05) is 6.07 Å². The Morgan fingerprint density at radius 1 is 0.963 bits per heavy atom. The van der Waals surface area contributed by atoms with Crippen molar-refractivity contribution < 1.29 is 4.79 Å². The molecule has 0 aliphatic carbocycles. The predicted octanol–water partition coefficient (Wildman–Crippen LogP) is 2.64. The maximum atomic E-state index is 12.8. The molecule has 3 aromatic heterocycles. The predicted molar refractivity (Wildman–Crippen MR) is 102 cm³/mol. The van der Waals surface area contributed by atoms with E-state index in [4.69, 9.17) is 0 Å². The number of nitrogens with zero attached hydrogens (tertiary/aromatic N) is 4. The van der Waals surface area contributed by atoms with Gasteiger partial charge in [-0.05, 0) is 36.4 Å². The number of benzene rings is 1. The second kappa shape index (κ2) is 6.80. The van der Waals surface area contributed by atoms with Gasteiger partial charge in [0.25, 0.3) is 11.5 Å². The smallest absolute Gasteiger partial charge is 0.261 e. The fourth-order valence-corrected chi connectivity index (χ4v) is 2.82. The van der Waals surface area contributed by atoms with Crippen LogP contribution in [0.1, 0.15) is 10.4 Å². The molecule has 1 N–H and O–H groups in total. The minimum absolute atomic E-state index is 0.242. The van der Waals surface area contributed by atoms with Crippen molar-refractivity contribution >= 4 is 22.6 Å². The number of anilines is 1. The highest BCUT2D eigenvalue weighted by molar-refractivity contribution is 6.11. The first kappa shape index (κ1) is 16.6. The quantitative estimate of drug-likeness (QED) is 0.609. The van der Waals surface area contributed by atoms with Crippen molar-refractivity contribution in [3.63, 3.8) is 0 Å². The number of aromatic nitrogens is 4. The van der Waals surface area contributed by atoms with Crippen molar-refractivity contribution in [3.05, 3.63) is 82.9 Å². The second-order valence-corrected chi connectivity index (χ2v) is 5.89. The SMILES string of the molecule is Cn1c(-c2ccccn2)nc2c(C(=O)Nc3ccccn3)cccc2c1=O. The van der Waals surface area contributed by atoms with Crippen LogP contribution in [0, 0.1) is 0 Å². The summed E-state index contributed by atoms with van der Waals surface area (Å²) in [5, 5.41) is 3.10. The number of fused-ring (bicyclic) bond motifs is 1. The molecule has 0 aliphatic rings. The monoisotopic (exact) mass is 357 g/mol. The van der Waals surface area contributed by atoms with Crippen molar-refractivity contribution in [2.75, 3.05) is 5.32 Å². The van der Waals surface area contributed by atoms with Gasteiger partial charge in [0, 0.05) is 19.4 Å². The number of carbonyl (C=O) groups excluding carboxylic acids is 1. The van der Waals surface area contributed by atoms with Crippen molar-refractivity contribution in [1.82, 2.24) is 19.5 Å². The lowest BCUT2D eigenvalue weighted by molar-refractivity contribution is 0.102. The first-order valence-corrected chi connectivity index (χ1v) is 8.28. The molecule has 132 valence electrons. The average molecular weight is 357 g/mol. The molecule has 0 saturated carbocycles. The van der Waals surface area contributed by atoms with Crippen molar-refractivity contribution in [3.8, 4) is 11.5 Å². The Bertz CT molecular complexity index is 1190. The highest BCUT2D eigenvalue weighted by atomic mass is 16.2. The van der Waals surface area contributed by atoms with Crippen LogP contribution in [0.3, 0.4) is 0 Å². The van der Waals surface area contributed by atoms with E-state index in [9.17, 15) is 9.59 Å². The highest BCUT2D eigenvalue weighted by Crippen LogP contribution is 2.19. The lowest BCUT2D eigenvalue weighted by Crippen LogP contribution is -2.22. The largest absolute Gasteiger partial charge is 0.306 e. The van der Waals surface area contributed by atoms with Crippen LogP contribution in [0.25, 0.3) is 22.4 Å². The van der Waals surface area contributed by atoms with E-state index >= 15 is 0 Å². The summed E-state index contributed by atoms with van der Waals surface area (Å²) in [7, 11) is 1.64. The lowest BCUT2D eigenvalue weighted by atomic mass is 10.1. The van der Waals surface area contributed by atoms with E-state index in [0.717, 1.165) is 0 Å². The Morgan fingerprint density at radius 3 is 2.44 bits per heavy atom. The Kier molecular flexibility index (Phi) is 4.18. The molecule has 0 aliphatic heterocycles. The molecule has 0 fully saturated rings. The third-order valence-electron chi connectivity index (χ3n) is 4.15. The van der Waals surface area contributed by atoms with Gasteiger partial charge in [0.2, 0.25) is 0 Å². The Labute approximate surface area is 154 Å². The van der Waals surface area contributed by atoms with E-state index in [1.165, 1.54) is 4.57 Å². The zero-order valence-electron chi connectivity index (χ0n) is 14.5. The van der Waals surface area contributed by atoms with Crippen LogP contribution in [0.15, 0.2) is 71.8 Å². The average Bonchev–Trinajstić information content (AvgIpc) is 2.71. The van der Waals surface area contributed by atoms with E-state index in [-0.39, 0.29) is 11.5 Å². The molecule has 0 bridgehead atoms. The maximum absolute atomic E-state index is 12.8. The van der Waals surface area contributed by atoms with Crippen LogP contribution in [-0.4, -0.2) is 25.4 Å². The standard InChI is InChI=1S/C20H15N5O2/c1-25-18(15-9-2-4-11-21-15)24-17-13(7-6-8-14(17)20(25)27)19(26)23-16-10-3-5-12-22-16/h2-12H,1H3,(H,22,23,26). The molecule has 1 aromatic carbocycles. The molecule has 0 spiro atoms. The molecule has 0 saturated heterocycles. The van der Waals surface area contributed by atoms with Gasteiger partial charge in [-0.2, -0.15) is 0 Å². The first-order valence-electron chi connectivity index (χ1n) is 8.28. The summed E-state index contributed by atoms with van der Waals surface area (Å²) in [5.41, 5.74) is 0.940. The molecule has 27 heavy (non-hydrogen) atoms. The summed E-state index contributed by atoms with van der Waals surface area (Å²) < 4.78 is 1.44. The zero-order chi connectivity index (χ0) is 18.8. The van der Waals surface area contributed by atoms with Crippen molar-refractivity contribution in [2.24, 2.45) is 7.05 Å². The molecule has 4 rings (SSSR count).